The van der Waals surface area contributed by atoms with E-state index in [0.29, 0.717) is 5.75 Å². The van der Waals surface area contributed by atoms with Crippen molar-refractivity contribution >= 4 is 43.5 Å². The number of likely N-dealkylation sites (N-methyl/N-ethyl adjacent to an activating group) is 1. The van der Waals surface area contributed by atoms with Crippen LogP contribution in [-0.4, -0.2) is 51.9 Å². The predicted molar refractivity (Wildman–Crippen MR) is 142 cm³/mol. The number of hydrogen-bond acceptors (Lipinski definition) is 5. The molecule has 0 aromatic heterocycles. The van der Waals surface area contributed by atoms with Gasteiger partial charge >= 0.3 is 0 Å². The fourth-order valence-corrected chi connectivity index (χ4v) is 5.51. The first-order valence-corrected chi connectivity index (χ1v) is 13.4. The van der Waals surface area contributed by atoms with Gasteiger partial charge in [0.1, 0.15) is 18.3 Å². The Labute approximate surface area is 220 Å². The van der Waals surface area contributed by atoms with Crippen LogP contribution in [0.5, 0.6) is 5.75 Å². The van der Waals surface area contributed by atoms with E-state index in [0.717, 1.165) is 14.3 Å². The normalized spacial score (nSPS) is 11.9. The lowest BCUT2D eigenvalue weighted by atomic mass is 10.1. The third-order valence-corrected chi connectivity index (χ3v) is 7.89. The molecule has 0 spiro atoms. The van der Waals surface area contributed by atoms with E-state index in [2.05, 4.69) is 21.2 Å². The molecule has 1 N–H and O–H groups in total. The number of amides is 2. The van der Waals surface area contributed by atoms with E-state index in [-0.39, 0.29) is 23.0 Å². The molecule has 0 fully saturated rings. The zero-order valence-electron chi connectivity index (χ0n) is 20.2. The number of carbonyl (C=O) groups is 2. The second-order valence-electron chi connectivity index (χ2n) is 7.97. The average molecular weight is 574 g/mol. The molecule has 190 valence electrons. The minimum Gasteiger partial charge on any atom is -0.497 e. The number of anilines is 1. The maximum atomic E-state index is 13.7. The Morgan fingerprint density at radius 1 is 1.00 bits per heavy atom. The SMILES string of the molecule is CNC(=O)[C@H](C)N(Cc1cccc(Br)c1)C(=O)CN(c1cccc(OC)c1)S(=O)(=O)c1ccccc1. The van der Waals surface area contributed by atoms with Crippen LogP contribution in [0.15, 0.2) is 88.2 Å². The van der Waals surface area contributed by atoms with Crippen LogP contribution in [-0.2, 0) is 26.2 Å². The van der Waals surface area contributed by atoms with Gasteiger partial charge in [-0.1, -0.05) is 52.3 Å². The molecule has 0 unspecified atom stereocenters. The van der Waals surface area contributed by atoms with E-state index in [1.165, 1.54) is 31.2 Å². The molecule has 2 amide bonds. The third kappa shape index (κ3) is 6.44. The summed E-state index contributed by atoms with van der Waals surface area (Å²) in [6.45, 7) is 1.21. The van der Waals surface area contributed by atoms with Crippen LogP contribution in [0.1, 0.15) is 12.5 Å². The van der Waals surface area contributed by atoms with Gasteiger partial charge in [0.05, 0.1) is 17.7 Å². The number of nitrogens with zero attached hydrogens (tertiary/aromatic N) is 2. The topological polar surface area (TPSA) is 96.0 Å². The highest BCUT2D eigenvalue weighted by Crippen LogP contribution is 2.27. The first-order chi connectivity index (χ1) is 17.2. The lowest BCUT2D eigenvalue weighted by Gasteiger charge is -2.31. The van der Waals surface area contributed by atoms with E-state index in [4.69, 9.17) is 4.74 Å². The summed E-state index contributed by atoms with van der Waals surface area (Å²) in [5.74, 6) is -0.455. The molecular weight excluding hydrogens is 546 g/mol. The first kappa shape index (κ1) is 27.2. The Morgan fingerprint density at radius 3 is 2.33 bits per heavy atom. The quantitative estimate of drug-likeness (QED) is 0.398. The van der Waals surface area contributed by atoms with Gasteiger partial charge in [0.15, 0.2) is 0 Å². The molecule has 3 rings (SSSR count). The molecule has 8 nitrogen and oxygen atoms in total. The van der Waals surface area contributed by atoms with Crippen molar-refractivity contribution in [3.8, 4) is 5.75 Å². The molecule has 0 aliphatic rings. The molecular formula is C26H28BrN3O5S. The number of methoxy groups -OCH3 is 1. The maximum Gasteiger partial charge on any atom is 0.264 e. The molecule has 0 saturated heterocycles. The van der Waals surface area contributed by atoms with Gasteiger partial charge in [-0.05, 0) is 48.9 Å². The van der Waals surface area contributed by atoms with Crippen molar-refractivity contribution < 1.29 is 22.7 Å². The summed E-state index contributed by atoms with van der Waals surface area (Å²) in [6, 6.07) is 20.9. The van der Waals surface area contributed by atoms with Crippen LogP contribution in [0, 0.1) is 0 Å². The lowest BCUT2D eigenvalue weighted by Crippen LogP contribution is -2.50. The number of rotatable bonds is 10. The minimum absolute atomic E-state index is 0.0403. The van der Waals surface area contributed by atoms with Gasteiger partial charge in [0.2, 0.25) is 11.8 Å². The second-order valence-corrected chi connectivity index (χ2v) is 10.7. The minimum atomic E-state index is -4.12. The molecule has 0 aliphatic carbocycles. The summed E-state index contributed by atoms with van der Waals surface area (Å²) in [5, 5.41) is 2.56. The van der Waals surface area contributed by atoms with Crippen LogP contribution >= 0.6 is 15.9 Å². The molecule has 36 heavy (non-hydrogen) atoms. The van der Waals surface area contributed by atoms with E-state index >= 15 is 0 Å². The van der Waals surface area contributed by atoms with Crippen LogP contribution in [0.25, 0.3) is 0 Å². The van der Waals surface area contributed by atoms with Crippen LogP contribution < -0.4 is 14.4 Å². The van der Waals surface area contributed by atoms with Gasteiger partial charge in [-0.25, -0.2) is 8.42 Å². The van der Waals surface area contributed by atoms with Crippen LogP contribution in [0.4, 0.5) is 5.69 Å². The number of hydrogen-bond donors (Lipinski definition) is 1. The molecule has 0 heterocycles. The molecule has 10 heteroatoms. The van der Waals surface area contributed by atoms with Gasteiger partial charge < -0.3 is 15.0 Å². The molecule has 0 aliphatic heterocycles. The van der Waals surface area contributed by atoms with Crippen molar-refractivity contribution in [1.29, 1.82) is 0 Å². The summed E-state index contributed by atoms with van der Waals surface area (Å²) < 4.78 is 34.5. The highest BCUT2D eigenvalue weighted by Gasteiger charge is 2.32. The Kier molecular flexibility index (Phi) is 9.11. The number of benzene rings is 3. The van der Waals surface area contributed by atoms with Gasteiger partial charge in [-0.2, -0.15) is 0 Å². The second kappa shape index (κ2) is 12.0. The van der Waals surface area contributed by atoms with Gasteiger partial charge in [0.25, 0.3) is 10.0 Å². The standard InChI is InChI=1S/C26H28BrN3O5S/c1-19(26(32)28-2)29(17-20-9-7-10-21(27)15-20)25(31)18-30(22-11-8-12-23(16-22)35-3)36(33,34)24-13-5-4-6-14-24/h4-16,19H,17-18H2,1-3H3,(H,28,32)/t19-/m0/s1. The van der Waals surface area contributed by atoms with E-state index in [1.807, 2.05) is 24.3 Å². The summed E-state index contributed by atoms with van der Waals surface area (Å²) in [5.41, 5.74) is 1.05. The third-order valence-electron chi connectivity index (χ3n) is 5.61. The molecule has 1 atom stereocenters. The van der Waals surface area contributed by atoms with Crippen molar-refractivity contribution in [1.82, 2.24) is 10.2 Å². The van der Waals surface area contributed by atoms with Gasteiger partial charge in [-0.15, -0.1) is 0 Å². The molecule has 0 bridgehead atoms. The Balaban J connectivity index is 2.04. The van der Waals surface area contributed by atoms with Crippen molar-refractivity contribution in [2.45, 2.75) is 24.4 Å². The van der Waals surface area contributed by atoms with Crippen molar-refractivity contribution in [2.75, 3.05) is 25.0 Å². The fourth-order valence-electron chi connectivity index (χ4n) is 3.64. The fraction of sp³-hybridized carbons (Fsp3) is 0.231. The number of carbonyl (C=O) groups excluding carboxylic acids is 2. The Hall–Kier alpha value is -3.37. The predicted octanol–water partition coefficient (Wildman–Crippen LogP) is 3.82. The zero-order valence-corrected chi connectivity index (χ0v) is 22.6. The molecule has 0 radical (unpaired) electrons. The van der Waals surface area contributed by atoms with Gasteiger partial charge in [0, 0.05) is 24.1 Å². The van der Waals surface area contributed by atoms with E-state index in [1.54, 1.807) is 49.4 Å². The monoisotopic (exact) mass is 573 g/mol. The smallest absolute Gasteiger partial charge is 0.264 e. The average Bonchev–Trinajstić information content (AvgIpc) is 2.89. The lowest BCUT2D eigenvalue weighted by molar-refractivity contribution is -0.139. The molecule has 0 saturated carbocycles. The van der Waals surface area contributed by atoms with E-state index in [9.17, 15) is 18.0 Å². The number of sulfonamides is 1. The van der Waals surface area contributed by atoms with Crippen LogP contribution in [0.2, 0.25) is 0 Å². The first-order valence-electron chi connectivity index (χ1n) is 11.1. The number of nitrogens with one attached hydrogen (secondary N) is 1. The summed E-state index contributed by atoms with van der Waals surface area (Å²) in [4.78, 5) is 27.6. The Morgan fingerprint density at radius 2 is 1.69 bits per heavy atom. The summed E-state index contributed by atoms with van der Waals surface area (Å²) in [7, 11) is -1.15. The summed E-state index contributed by atoms with van der Waals surface area (Å²) in [6.07, 6.45) is 0. The largest absolute Gasteiger partial charge is 0.497 e. The van der Waals surface area contributed by atoms with Crippen molar-refractivity contribution in [2.24, 2.45) is 0 Å². The number of halogens is 1. The maximum absolute atomic E-state index is 13.7. The van der Waals surface area contributed by atoms with Crippen molar-refractivity contribution in [3.05, 3.63) is 88.9 Å². The number of ether oxygens (including phenoxy) is 1. The Bertz CT molecular complexity index is 1320. The zero-order chi connectivity index (χ0) is 26.3. The van der Waals surface area contributed by atoms with Gasteiger partial charge in [-0.3, -0.25) is 13.9 Å². The highest BCUT2D eigenvalue weighted by molar-refractivity contribution is 9.10. The van der Waals surface area contributed by atoms with E-state index < -0.39 is 28.5 Å². The molecule has 3 aromatic rings. The summed E-state index contributed by atoms with van der Waals surface area (Å²) >= 11 is 3.42. The highest BCUT2D eigenvalue weighted by atomic mass is 79.9. The van der Waals surface area contributed by atoms with Crippen molar-refractivity contribution in [3.63, 3.8) is 0 Å². The molecule has 3 aromatic carbocycles. The van der Waals surface area contributed by atoms with Crippen LogP contribution in [0.3, 0.4) is 0 Å².